The number of ether oxygens (including phenoxy) is 1. The fourth-order valence-electron chi connectivity index (χ4n) is 3.79. The second kappa shape index (κ2) is 7.79. The maximum atomic E-state index is 12.2. The number of benzene rings is 1. The highest BCUT2D eigenvalue weighted by molar-refractivity contribution is 5.89. The van der Waals surface area contributed by atoms with E-state index in [0.29, 0.717) is 6.54 Å². The number of rotatable bonds is 4. The number of urea groups is 1. The van der Waals surface area contributed by atoms with Gasteiger partial charge in [0.05, 0.1) is 13.2 Å². The zero-order valence-electron chi connectivity index (χ0n) is 13.7. The van der Waals surface area contributed by atoms with E-state index in [-0.39, 0.29) is 11.6 Å². The van der Waals surface area contributed by atoms with Crippen LogP contribution >= 0.6 is 0 Å². The molecule has 1 aliphatic heterocycles. The summed E-state index contributed by atoms with van der Waals surface area (Å²) < 4.78 is 5.50. The van der Waals surface area contributed by atoms with E-state index in [1.165, 1.54) is 32.1 Å². The van der Waals surface area contributed by atoms with Crippen LogP contribution in [-0.2, 0) is 4.74 Å². The lowest BCUT2D eigenvalue weighted by Crippen LogP contribution is -2.60. The standard InChI is InChI=1S/C18H27N3O2/c22-17(20-16-7-3-1-4-8-16)19-15-18(9-5-2-6-10-18)21-11-13-23-14-12-21/h1,3-4,7-8H,2,5-6,9-15H2,(H2,19,20,22). The summed E-state index contributed by atoms with van der Waals surface area (Å²) in [6.07, 6.45) is 6.14. The van der Waals surface area contributed by atoms with Gasteiger partial charge in [-0.15, -0.1) is 0 Å². The topological polar surface area (TPSA) is 53.6 Å². The summed E-state index contributed by atoms with van der Waals surface area (Å²) in [5, 5.41) is 6.01. The molecule has 0 aromatic heterocycles. The second-order valence-corrected chi connectivity index (χ2v) is 6.56. The molecule has 0 bridgehead atoms. The molecule has 1 aromatic rings. The van der Waals surface area contributed by atoms with Gasteiger partial charge in [-0.2, -0.15) is 0 Å². The predicted molar refractivity (Wildman–Crippen MR) is 91.7 cm³/mol. The number of morpholine rings is 1. The highest BCUT2D eigenvalue weighted by Crippen LogP contribution is 2.33. The van der Waals surface area contributed by atoms with Crippen LogP contribution in [0.3, 0.4) is 0 Å². The molecule has 1 saturated carbocycles. The Bertz CT molecular complexity index is 494. The number of carbonyl (C=O) groups excluding carboxylic acids is 1. The molecule has 0 unspecified atom stereocenters. The van der Waals surface area contributed by atoms with Gasteiger partial charge in [0.1, 0.15) is 0 Å². The van der Waals surface area contributed by atoms with Crippen molar-refractivity contribution in [2.75, 3.05) is 38.2 Å². The van der Waals surface area contributed by atoms with Gasteiger partial charge in [-0.3, -0.25) is 4.90 Å². The average Bonchev–Trinajstić information content (AvgIpc) is 2.62. The average molecular weight is 317 g/mol. The van der Waals surface area contributed by atoms with Crippen LogP contribution in [0, 0.1) is 0 Å². The van der Waals surface area contributed by atoms with Crippen molar-refractivity contribution in [3.05, 3.63) is 30.3 Å². The lowest BCUT2D eigenvalue weighted by molar-refractivity contribution is -0.0356. The first-order valence-electron chi connectivity index (χ1n) is 8.71. The highest BCUT2D eigenvalue weighted by Gasteiger charge is 2.38. The molecule has 2 aliphatic rings. The smallest absolute Gasteiger partial charge is 0.319 e. The normalized spacial score (nSPS) is 21.6. The zero-order valence-corrected chi connectivity index (χ0v) is 13.7. The fraction of sp³-hybridized carbons (Fsp3) is 0.611. The summed E-state index contributed by atoms with van der Waals surface area (Å²) >= 11 is 0. The third-order valence-corrected chi connectivity index (χ3v) is 5.08. The van der Waals surface area contributed by atoms with Crippen molar-refractivity contribution >= 4 is 11.7 Å². The SMILES string of the molecule is O=C(NCC1(N2CCOCC2)CCCCC1)Nc1ccccc1. The maximum absolute atomic E-state index is 12.2. The van der Waals surface area contributed by atoms with Crippen LogP contribution in [0.15, 0.2) is 30.3 Å². The summed E-state index contributed by atoms with van der Waals surface area (Å²) in [7, 11) is 0. The molecule has 1 heterocycles. The molecule has 1 saturated heterocycles. The summed E-state index contributed by atoms with van der Waals surface area (Å²) in [4.78, 5) is 14.8. The van der Waals surface area contributed by atoms with E-state index in [2.05, 4.69) is 15.5 Å². The molecule has 2 amide bonds. The molecule has 2 fully saturated rings. The van der Waals surface area contributed by atoms with E-state index in [4.69, 9.17) is 4.74 Å². The van der Waals surface area contributed by atoms with Gasteiger partial charge >= 0.3 is 6.03 Å². The van der Waals surface area contributed by atoms with Crippen molar-refractivity contribution in [2.45, 2.75) is 37.6 Å². The van der Waals surface area contributed by atoms with E-state index < -0.39 is 0 Å². The van der Waals surface area contributed by atoms with Crippen molar-refractivity contribution in [3.8, 4) is 0 Å². The molecule has 0 spiro atoms. The summed E-state index contributed by atoms with van der Waals surface area (Å²) in [5.41, 5.74) is 0.935. The Balaban J connectivity index is 1.58. The van der Waals surface area contributed by atoms with Crippen LogP contribution < -0.4 is 10.6 Å². The van der Waals surface area contributed by atoms with Crippen molar-refractivity contribution < 1.29 is 9.53 Å². The van der Waals surface area contributed by atoms with Gasteiger partial charge in [0.25, 0.3) is 0 Å². The van der Waals surface area contributed by atoms with Gasteiger partial charge in [0.2, 0.25) is 0 Å². The lowest BCUT2D eigenvalue weighted by Gasteiger charge is -2.48. The number of para-hydroxylation sites is 1. The molecule has 0 atom stereocenters. The van der Waals surface area contributed by atoms with Crippen LogP contribution in [-0.4, -0.2) is 49.3 Å². The fourth-order valence-corrected chi connectivity index (χ4v) is 3.79. The van der Waals surface area contributed by atoms with E-state index in [9.17, 15) is 4.79 Å². The van der Waals surface area contributed by atoms with E-state index in [1.807, 2.05) is 30.3 Å². The van der Waals surface area contributed by atoms with E-state index in [0.717, 1.165) is 32.0 Å². The monoisotopic (exact) mass is 317 g/mol. The van der Waals surface area contributed by atoms with Gasteiger partial charge in [-0.1, -0.05) is 37.5 Å². The molecule has 3 rings (SSSR count). The van der Waals surface area contributed by atoms with Crippen LogP contribution in [0.4, 0.5) is 10.5 Å². The molecule has 23 heavy (non-hydrogen) atoms. The molecule has 1 aromatic carbocycles. The van der Waals surface area contributed by atoms with Gasteiger partial charge in [0, 0.05) is 30.9 Å². The minimum absolute atomic E-state index is 0.107. The van der Waals surface area contributed by atoms with Crippen molar-refractivity contribution in [1.82, 2.24) is 10.2 Å². The largest absolute Gasteiger partial charge is 0.379 e. The summed E-state index contributed by atoms with van der Waals surface area (Å²) in [5.74, 6) is 0. The van der Waals surface area contributed by atoms with Crippen LogP contribution in [0.25, 0.3) is 0 Å². The zero-order chi connectivity index (χ0) is 16.0. The molecule has 2 N–H and O–H groups in total. The minimum atomic E-state index is -0.116. The van der Waals surface area contributed by atoms with Crippen molar-refractivity contribution in [2.24, 2.45) is 0 Å². The quantitative estimate of drug-likeness (QED) is 0.898. The van der Waals surface area contributed by atoms with Crippen LogP contribution in [0.2, 0.25) is 0 Å². The summed E-state index contributed by atoms with van der Waals surface area (Å²) in [6.45, 7) is 4.27. The predicted octanol–water partition coefficient (Wildman–Crippen LogP) is 2.84. The third kappa shape index (κ3) is 4.24. The number of nitrogens with one attached hydrogen (secondary N) is 2. The third-order valence-electron chi connectivity index (χ3n) is 5.08. The Morgan fingerprint density at radius 3 is 2.48 bits per heavy atom. The minimum Gasteiger partial charge on any atom is -0.379 e. The number of nitrogens with zero attached hydrogens (tertiary/aromatic N) is 1. The molecule has 126 valence electrons. The Labute approximate surface area is 138 Å². The second-order valence-electron chi connectivity index (χ2n) is 6.56. The summed E-state index contributed by atoms with van der Waals surface area (Å²) in [6, 6.07) is 9.47. The highest BCUT2D eigenvalue weighted by atomic mass is 16.5. The molecule has 5 nitrogen and oxygen atoms in total. The Morgan fingerprint density at radius 2 is 1.78 bits per heavy atom. The van der Waals surface area contributed by atoms with Gasteiger partial charge in [-0.25, -0.2) is 4.79 Å². The Hall–Kier alpha value is -1.59. The van der Waals surface area contributed by atoms with E-state index >= 15 is 0 Å². The first-order chi connectivity index (χ1) is 11.3. The van der Waals surface area contributed by atoms with Gasteiger partial charge in [0.15, 0.2) is 0 Å². The maximum Gasteiger partial charge on any atom is 0.319 e. The number of amides is 2. The number of hydrogen-bond acceptors (Lipinski definition) is 3. The number of carbonyl (C=O) groups is 1. The Kier molecular flexibility index (Phi) is 5.51. The lowest BCUT2D eigenvalue weighted by atomic mass is 9.80. The number of hydrogen-bond donors (Lipinski definition) is 2. The molecular formula is C18H27N3O2. The molecule has 5 heteroatoms. The number of anilines is 1. The van der Waals surface area contributed by atoms with Gasteiger partial charge in [-0.05, 0) is 25.0 Å². The van der Waals surface area contributed by atoms with Crippen LogP contribution in [0.5, 0.6) is 0 Å². The van der Waals surface area contributed by atoms with Crippen LogP contribution in [0.1, 0.15) is 32.1 Å². The Morgan fingerprint density at radius 1 is 1.09 bits per heavy atom. The molecular weight excluding hydrogens is 290 g/mol. The first-order valence-corrected chi connectivity index (χ1v) is 8.71. The molecule has 0 radical (unpaired) electrons. The van der Waals surface area contributed by atoms with Crippen molar-refractivity contribution in [3.63, 3.8) is 0 Å². The van der Waals surface area contributed by atoms with E-state index in [1.54, 1.807) is 0 Å². The van der Waals surface area contributed by atoms with Gasteiger partial charge < -0.3 is 15.4 Å². The molecule has 1 aliphatic carbocycles. The first kappa shape index (κ1) is 16.3. The van der Waals surface area contributed by atoms with Crippen molar-refractivity contribution in [1.29, 1.82) is 0 Å².